The highest BCUT2D eigenvalue weighted by Crippen LogP contribution is 2.00. The highest BCUT2D eigenvalue weighted by Gasteiger charge is 2.13. The van der Waals surface area contributed by atoms with Gasteiger partial charge in [-0.25, -0.2) is 0 Å². The Balaban J connectivity index is 0.000001000. The van der Waals surface area contributed by atoms with E-state index in [2.05, 4.69) is 24.3 Å². The summed E-state index contributed by atoms with van der Waals surface area (Å²) in [4.78, 5) is 2.17. The molecule has 0 aliphatic carbocycles. The van der Waals surface area contributed by atoms with Gasteiger partial charge in [-0.2, -0.15) is 0 Å². The van der Waals surface area contributed by atoms with Crippen LogP contribution in [0.3, 0.4) is 0 Å². The summed E-state index contributed by atoms with van der Waals surface area (Å²) in [5.41, 5.74) is 0. The van der Waals surface area contributed by atoms with Crippen molar-refractivity contribution in [3.05, 3.63) is 0 Å². The maximum Gasteiger partial charge on any atom is 0.109 e. The van der Waals surface area contributed by atoms with Crippen LogP contribution in [0.1, 0.15) is 6.42 Å². The molecule has 0 saturated carbocycles. The number of hydrogen-bond donors (Lipinski definition) is 1. The summed E-state index contributed by atoms with van der Waals surface area (Å²) in [5.74, 6) is 0. The second kappa shape index (κ2) is 5.77. The van der Waals surface area contributed by atoms with E-state index in [4.69, 9.17) is 4.74 Å². The zero-order chi connectivity index (χ0) is 7.40. The Morgan fingerprint density at radius 3 is 2.73 bits per heavy atom. The molecule has 0 aromatic heterocycles. The van der Waals surface area contributed by atoms with Crippen LogP contribution in [0.4, 0.5) is 0 Å². The summed E-state index contributed by atoms with van der Waals surface area (Å²) in [5, 5.41) is 3.26. The molecule has 1 unspecified atom stereocenters. The highest BCUT2D eigenvalue weighted by atomic mass is 35.5. The lowest BCUT2D eigenvalue weighted by atomic mass is 10.4. The van der Waals surface area contributed by atoms with E-state index in [-0.39, 0.29) is 12.4 Å². The summed E-state index contributed by atoms with van der Waals surface area (Å²) in [7, 11) is 4.16. The van der Waals surface area contributed by atoms with E-state index in [0.717, 1.165) is 26.1 Å². The Labute approximate surface area is 74.5 Å². The number of halogens is 1. The Morgan fingerprint density at radius 1 is 1.55 bits per heavy atom. The molecule has 0 aromatic rings. The molecule has 1 aliphatic rings. The molecule has 0 amide bonds. The lowest BCUT2D eigenvalue weighted by Gasteiger charge is -2.13. The third-order valence-corrected chi connectivity index (χ3v) is 1.63. The van der Waals surface area contributed by atoms with Crippen molar-refractivity contribution in [2.24, 2.45) is 0 Å². The SMILES string of the molecule is CN(C)CCC1NCCO1.Cl. The summed E-state index contributed by atoms with van der Waals surface area (Å²) < 4.78 is 5.37. The van der Waals surface area contributed by atoms with E-state index >= 15 is 0 Å². The average Bonchev–Trinajstić information content (AvgIpc) is 2.34. The number of ether oxygens (including phenoxy) is 1. The van der Waals surface area contributed by atoms with Crippen LogP contribution in [0.25, 0.3) is 0 Å². The summed E-state index contributed by atoms with van der Waals surface area (Å²) in [6.45, 7) is 2.98. The van der Waals surface area contributed by atoms with Crippen molar-refractivity contribution in [3.63, 3.8) is 0 Å². The van der Waals surface area contributed by atoms with Gasteiger partial charge in [0.05, 0.1) is 6.61 Å². The van der Waals surface area contributed by atoms with Crippen LogP contribution in [0.15, 0.2) is 0 Å². The number of hydrogen-bond acceptors (Lipinski definition) is 3. The fourth-order valence-corrected chi connectivity index (χ4v) is 1.04. The third kappa shape index (κ3) is 4.58. The first-order chi connectivity index (χ1) is 4.79. The van der Waals surface area contributed by atoms with E-state index in [9.17, 15) is 0 Å². The first-order valence-electron chi connectivity index (χ1n) is 3.79. The van der Waals surface area contributed by atoms with E-state index in [1.165, 1.54) is 0 Å². The first-order valence-corrected chi connectivity index (χ1v) is 3.79. The highest BCUT2D eigenvalue weighted by molar-refractivity contribution is 5.85. The van der Waals surface area contributed by atoms with E-state index in [1.54, 1.807) is 0 Å². The fourth-order valence-electron chi connectivity index (χ4n) is 1.04. The zero-order valence-corrected chi connectivity index (χ0v) is 7.99. The van der Waals surface area contributed by atoms with Gasteiger partial charge in [-0.15, -0.1) is 12.4 Å². The number of nitrogens with one attached hydrogen (secondary N) is 1. The van der Waals surface area contributed by atoms with Gasteiger partial charge in [-0.1, -0.05) is 0 Å². The predicted molar refractivity (Wildman–Crippen MR) is 48.2 cm³/mol. The van der Waals surface area contributed by atoms with Gasteiger partial charge in [0.1, 0.15) is 6.23 Å². The van der Waals surface area contributed by atoms with Gasteiger partial charge in [0, 0.05) is 13.1 Å². The van der Waals surface area contributed by atoms with Gasteiger partial charge in [0.25, 0.3) is 0 Å². The second-order valence-electron chi connectivity index (χ2n) is 2.91. The molecule has 1 atom stereocenters. The lowest BCUT2D eigenvalue weighted by Crippen LogP contribution is -2.27. The van der Waals surface area contributed by atoms with Crippen molar-refractivity contribution < 1.29 is 4.74 Å². The van der Waals surface area contributed by atoms with E-state index in [0.29, 0.717) is 6.23 Å². The molecule has 0 spiro atoms. The van der Waals surface area contributed by atoms with Crippen molar-refractivity contribution in [1.29, 1.82) is 0 Å². The number of rotatable bonds is 3. The van der Waals surface area contributed by atoms with Crippen LogP contribution < -0.4 is 5.32 Å². The van der Waals surface area contributed by atoms with E-state index in [1.807, 2.05) is 0 Å². The van der Waals surface area contributed by atoms with Crippen LogP contribution in [0.2, 0.25) is 0 Å². The predicted octanol–water partition coefficient (Wildman–Crippen LogP) is 0.306. The van der Waals surface area contributed by atoms with Gasteiger partial charge in [0.2, 0.25) is 0 Å². The Bertz CT molecular complexity index is 94.4. The van der Waals surface area contributed by atoms with Gasteiger partial charge in [-0.3, -0.25) is 5.32 Å². The molecule has 68 valence electrons. The molecule has 0 radical (unpaired) electrons. The molecule has 0 bridgehead atoms. The molecule has 4 heteroatoms. The molecule has 1 N–H and O–H groups in total. The molecular weight excluding hydrogens is 164 g/mol. The van der Waals surface area contributed by atoms with Gasteiger partial charge in [0.15, 0.2) is 0 Å². The summed E-state index contributed by atoms with van der Waals surface area (Å²) in [6.07, 6.45) is 1.40. The van der Waals surface area contributed by atoms with Crippen LogP contribution in [0.5, 0.6) is 0 Å². The lowest BCUT2D eigenvalue weighted by molar-refractivity contribution is 0.0876. The van der Waals surface area contributed by atoms with Gasteiger partial charge in [-0.05, 0) is 20.5 Å². The molecule has 1 heterocycles. The molecule has 1 aliphatic heterocycles. The Hall–Kier alpha value is 0.170. The smallest absolute Gasteiger partial charge is 0.109 e. The van der Waals surface area contributed by atoms with Crippen molar-refractivity contribution in [2.75, 3.05) is 33.8 Å². The molecular formula is C7H17ClN2O. The largest absolute Gasteiger partial charge is 0.362 e. The molecule has 1 rings (SSSR count). The molecule has 0 aromatic carbocycles. The summed E-state index contributed by atoms with van der Waals surface area (Å²) in [6, 6.07) is 0. The average molecular weight is 181 g/mol. The molecule has 1 saturated heterocycles. The van der Waals surface area contributed by atoms with Gasteiger partial charge < -0.3 is 9.64 Å². The minimum absolute atomic E-state index is 0. The van der Waals surface area contributed by atoms with Gasteiger partial charge >= 0.3 is 0 Å². The number of nitrogens with zero attached hydrogens (tertiary/aromatic N) is 1. The van der Waals surface area contributed by atoms with Crippen LogP contribution >= 0.6 is 12.4 Å². The fraction of sp³-hybridized carbons (Fsp3) is 1.00. The maximum atomic E-state index is 5.37. The molecule has 3 nitrogen and oxygen atoms in total. The molecule has 11 heavy (non-hydrogen) atoms. The van der Waals surface area contributed by atoms with Crippen molar-refractivity contribution in [3.8, 4) is 0 Å². The quantitative estimate of drug-likeness (QED) is 0.677. The van der Waals surface area contributed by atoms with Crippen molar-refractivity contribution in [1.82, 2.24) is 10.2 Å². The van der Waals surface area contributed by atoms with Crippen LogP contribution in [0, 0.1) is 0 Å². The standard InChI is InChI=1S/C7H16N2O.ClH/c1-9(2)5-3-7-8-4-6-10-7;/h7-8H,3-6H2,1-2H3;1H. The third-order valence-electron chi connectivity index (χ3n) is 1.63. The minimum Gasteiger partial charge on any atom is -0.362 e. The normalized spacial score (nSPS) is 23.7. The minimum atomic E-state index is 0. The summed E-state index contributed by atoms with van der Waals surface area (Å²) >= 11 is 0. The Kier molecular flexibility index (Phi) is 5.86. The van der Waals surface area contributed by atoms with Crippen LogP contribution in [-0.2, 0) is 4.74 Å². The first kappa shape index (κ1) is 11.2. The topological polar surface area (TPSA) is 24.5 Å². The zero-order valence-electron chi connectivity index (χ0n) is 7.17. The second-order valence-corrected chi connectivity index (χ2v) is 2.91. The van der Waals surface area contributed by atoms with Crippen LogP contribution in [-0.4, -0.2) is 44.9 Å². The Morgan fingerprint density at radius 2 is 2.27 bits per heavy atom. The van der Waals surface area contributed by atoms with Crippen molar-refractivity contribution >= 4 is 12.4 Å². The van der Waals surface area contributed by atoms with Crippen molar-refractivity contribution in [2.45, 2.75) is 12.6 Å². The molecule has 1 fully saturated rings. The maximum absolute atomic E-state index is 5.37. The monoisotopic (exact) mass is 180 g/mol. The van der Waals surface area contributed by atoms with E-state index < -0.39 is 0 Å².